The van der Waals surface area contributed by atoms with E-state index in [-0.39, 0.29) is 50.9 Å². The molecule has 6 atom stereocenters. The Bertz CT molecular complexity index is 1180. The SMILES string of the molecule is CCCCCC1(CCCCC)O[C@@H]2[C@H](O1)[C@H]1ON(Cc3ccccc3I)[C@@H]3C(=O)O[C@@H]2C[C@]13C(=O)NCCC(=O)NCCO. The summed E-state index contributed by atoms with van der Waals surface area (Å²) < 4.78 is 20.8. The molecule has 2 amide bonds. The van der Waals surface area contributed by atoms with Crippen LogP contribution in [0.15, 0.2) is 24.3 Å². The first-order valence-corrected chi connectivity index (χ1v) is 17.2. The van der Waals surface area contributed by atoms with Crippen LogP contribution in [0.5, 0.6) is 0 Å². The van der Waals surface area contributed by atoms with Crippen LogP contribution in [-0.4, -0.2) is 83.9 Å². The number of esters is 1. The van der Waals surface area contributed by atoms with E-state index in [1.165, 1.54) is 0 Å². The quantitative estimate of drug-likeness (QED) is 0.133. The van der Waals surface area contributed by atoms with Crippen molar-refractivity contribution in [2.45, 2.75) is 121 Å². The van der Waals surface area contributed by atoms with Gasteiger partial charge in [-0.3, -0.25) is 19.2 Å². The maximum atomic E-state index is 14.3. The number of halogens is 1. The number of rotatable bonds is 16. The topological polar surface area (TPSA) is 136 Å². The molecule has 11 nitrogen and oxygen atoms in total. The lowest BCUT2D eigenvalue weighted by molar-refractivity contribution is -0.224. The van der Waals surface area contributed by atoms with Gasteiger partial charge in [-0.1, -0.05) is 57.7 Å². The number of hydrogen-bond acceptors (Lipinski definition) is 9. The van der Waals surface area contributed by atoms with E-state index in [0.717, 1.165) is 60.5 Å². The molecule has 3 heterocycles. The van der Waals surface area contributed by atoms with Gasteiger partial charge in [-0.2, -0.15) is 5.06 Å². The molecule has 3 saturated heterocycles. The van der Waals surface area contributed by atoms with Crippen LogP contribution >= 0.6 is 22.6 Å². The third-order valence-electron chi connectivity index (χ3n) is 9.35. The Balaban J connectivity index is 1.46. The molecule has 5 rings (SSSR count). The van der Waals surface area contributed by atoms with Crippen LogP contribution in [0.1, 0.15) is 83.6 Å². The van der Waals surface area contributed by atoms with Crippen LogP contribution in [-0.2, 0) is 40.0 Å². The van der Waals surface area contributed by atoms with Crippen molar-refractivity contribution in [3.05, 3.63) is 33.4 Å². The van der Waals surface area contributed by atoms with Crippen molar-refractivity contribution < 1.29 is 38.5 Å². The number of nitrogens with one attached hydrogen (secondary N) is 2. The summed E-state index contributed by atoms with van der Waals surface area (Å²) in [6.07, 6.45) is 5.30. The van der Waals surface area contributed by atoms with Gasteiger partial charge in [0.15, 0.2) is 11.8 Å². The normalized spacial score (nSPS) is 30.1. The van der Waals surface area contributed by atoms with Gasteiger partial charge in [0.05, 0.1) is 13.2 Å². The van der Waals surface area contributed by atoms with Crippen molar-refractivity contribution in [1.82, 2.24) is 15.7 Å². The number of fused-ring (bicyclic) bond motifs is 4. The summed E-state index contributed by atoms with van der Waals surface area (Å²) in [5.74, 6) is -1.97. The first-order valence-electron chi connectivity index (χ1n) is 16.2. The summed E-state index contributed by atoms with van der Waals surface area (Å²) in [5, 5.41) is 16.1. The van der Waals surface area contributed by atoms with Gasteiger partial charge in [0, 0.05) is 42.3 Å². The summed E-state index contributed by atoms with van der Waals surface area (Å²) >= 11 is 2.26. The van der Waals surface area contributed by atoms with Gasteiger partial charge in [-0.15, -0.1) is 0 Å². The molecule has 44 heavy (non-hydrogen) atoms. The van der Waals surface area contributed by atoms with E-state index in [2.05, 4.69) is 47.1 Å². The highest BCUT2D eigenvalue weighted by atomic mass is 127. The van der Waals surface area contributed by atoms with E-state index in [4.69, 9.17) is 24.2 Å². The lowest BCUT2D eigenvalue weighted by Gasteiger charge is -2.48. The van der Waals surface area contributed by atoms with E-state index >= 15 is 0 Å². The predicted octanol–water partition coefficient (Wildman–Crippen LogP) is 3.35. The van der Waals surface area contributed by atoms with Gasteiger partial charge >= 0.3 is 5.97 Å². The number of nitrogens with zero attached hydrogens (tertiary/aromatic N) is 1. The Hall–Kier alpha value is -1.84. The summed E-state index contributed by atoms with van der Waals surface area (Å²) in [6, 6.07) is 6.87. The number of aliphatic hydroxyl groups excluding tert-OH is 1. The minimum absolute atomic E-state index is 0.0431. The molecule has 3 N–H and O–H groups in total. The molecule has 0 aromatic heterocycles. The van der Waals surface area contributed by atoms with Gasteiger partial charge in [0.2, 0.25) is 11.8 Å². The Morgan fingerprint density at radius 1 is 1.02 bits per heavy atom. The number of amides is 2. The second-order valence-corrected chi connectivity index (χ2v) is 13.5. The minimum Gasteiger partial charge on any atom is -0.458 e. The molecule has 244 valence electrons. The third-order valence-corrected chi connectivity index (χ3v) is 10.4. The number of carbonyl (C=O) groups is 3. The van der Waals surface area contributed by atoms with Gasteiger partial charge < -0.3 is 30.0 Å². The fourth-order valence-electron chi connectivity index (χ4n) is 7.23. The molecule has 0 spiro atoms. The average Bonchev–Trinajstić information content (AvgIpc) is 3.56. The predicted molar refractivity (Wildman–Crippen MR) is 169 cm³/mol. The molecule has 12 heteroatoms. The number of unbranched alkanes of at least 4 members (excludes halogenated alkanes) is 4. The van der Waals surface area contributed by atoms with Crippen molar-refractivity contribution in [1.29, 1.82) is 0 Å². The van der Waals surface area contributed by atoms with Crippen LogP contribution in [0.4, 0.5) is 0 Å². The van der Waals surface area contributed by atoms with E-state index in [0.29, 0.717) is 0 Å². The van der Waals surface area contributed by atoms with Crippen molar-refractivity contribution >= 4 is 40.4 Å². The number of hydroxylamine groups is 2. The first kappa shape index (κ1) is 33.5. The van der Waals surface area contributed by atoms with Crippen LogP contribution in [0, 0.1) is 8.99 Å². The summed E-state index contributed by atoms with van der Waals surface area (Å²) in [7, 11) is 0. The zero-order chi connectivity index (χ0) is 31.3. The highest BCUT2D eigenvalue weighted by Crippen LogP contribution is 2.58. The molecular weight excluding hydrogens is 681 g/mol. The van der Waals surface area contributed by atoms with Crippen LogP contribution < -0.4 is 10.6 Å². The molecule has 2 bridgehead atoms. The zero-order valence-electron chi connectivity index (χ0n) is 25.7. The Kier molecular flexibility index (Phi) is 11.2. The van der Waals surface area contributed by atoms with Crippen LogP contribution in [0.25, 0.3) is 0 Å². The number of ether oxygens (including phenoxy) is 3. The van der Waals surface area contributed by atoms with Gasteiger partial charge in [-0.25, -0.2) is 0 Å². The molecule has 3 aliphatic heterocycles. The maximum Gasteiger partial charge on any atom is 0.327 e. The largest absolute Gasteiger partial charge is 0.458 e. The third kappa shape index (κ3) is 6.66. The maximum absolute atomic E-state index is 14.3. The van der Waals surface area contributed by atoms with Gasteiger partial charge in [0.1, 0.15) is 29.8 Å². The standard InChI is InChI=1S/C32H46IN3O8/c1-3-5-9-14-31(15-10-6-4-2)42-25-23-19-32(30(40)35-16-13-24(38)34-17-18-37)27(29(39)41-23)36(44-28(32)26(25)43-31)20-21-11-7-8-12-22(21)33/h7-8,11-12,23,25-28,37H,3-6,9-10,13-20H2,1-2H3,(H,34,38)(H,35,40)/t23-,25+,26+,27-,28-,32-/m1/s1. The minimum atomic E-state index is -1.28. The molecule has 1 aliphatic carbocycles. The van der Waals surface area contributed by atoms with E-state index in [1.807, 2.05) is 24.3 Å². The van der Waals surface area contributed by atoms with Gasteiger partial charge in [0.25, 0.3) is 0 Å². The molecule has 4 fully saturated rings. The number of hydrogen-bond donors (Lipinski definition) is 3. The highest BCUT2D eigenvalue weighted by Gasteiger charge is 2.76. The average molecular weight is 728 g/mol. The van der Waals surface area contributed by atoms with Crippen molar-refractivity contribution in [3.63, 3.8) is 0 Å². The monoisotopic (exact) mass is 727 g/mol. The van der Waals surface area contributed by atoms with E-state index < -0.39 is 47.6 Å². The fourth-order valence-corrected chi connectivity index (χ4v) is 7.79. The molecule has 1 aromatic carbocycles. The molecule has 0 radical (unpaired) electrons. The Morgan fingerprint density at radius 2 is 1.73 bits per heavy atom. The Labute approximate surface area is 273 Å². The summed E-state index contributed by atoms with van der Waals surface area (Å²) in [4.78, 5) is 46.9. The summed E-state index contributed by atoms with van der Waals surface area (Å²) in [5.41, 5.74) is -0.318. The number of benzene rings is 1. The molecular formula is C32H46IN3O8. The molecule has 0 unspecified atom stereocenters. The van der Waals surface area contributed by atoms with E-state index in [1.54, 1.807) is 5.06 Å². The molecule has 1 saturated carbocycles. The second-order valence-electron chi connectivity index (χ2n) is 12.4. The van der Waals surface area contributed by atoms with Crippen LogP contribution in [0.2, 0.25) is 0 Å². The Morgan fingerprint density at radius 3 is 2.41 bits per heavy atom. The van der Waals surface area contributed by atoms with Crippen LogP contribution in [0.3, 0.4) is 0 Å². The number of aliphatic hydroxyl groups is 1. The fraction of sp³-hybridized carbons (Fsp3) is 0.719. The lowest BCUT2D eigenvalue weighted by Crippen LogP contribution is -2.69. The molecule has 1 aromatic rings. The number of carbonyl (C=O) groups excluding carboxylic acids is 3. The van der Waals surface area contributed by atoms with Crippen molar-refractivity contribution in [2.75, 3.05) is 19.7 Å². The van der Waals surface area contributed by atoms with Gasteiger partial charge in [-0.05, 0) is 47.1 Å². The first-order chi connectivity index (χ1) is 21.3. The van der Waals surface area contributed by atoms with Crippen molar-refractivity contribution in [2.24, 2.45) is 5.41 Å². The zero-order valence-corrected chi connectivity index (χ0v) is 27.9. The lowest BCUT2D eigenvalue weighted by atomic mass is 9.62. The van der Waals surface area contributed by atoms with Crippen molar-refractivity contribution in [3.8, 4) is 0 Å². The smallest absolute Gasteiger partial charge is 0.327 e. The highest BCUT2D eigenvalue weighted by molar-refractivity contribution is 14.1. The van der Waals surface area contributed by atoms with E-state index in [9.17, 15) is 14.4 Å². The summed E-state index contributed by atoms with van der Waals surface area (Å²) in [6.45, 7) is 4.68. The second kappa shape index (κ2) is 14.7. The molecule has 4 aliphatic rings.